The van der Waals surface area contributed by atoms with E-state index in [2.05, 4.69) is 4.90 Å². The summed E-state index contributed by atoms with van der Waals surface area (Å²) >= 11 is 1.55. The van der Waals surface area contributed by atoms with Crippen LogP contribution in [0.3, 0.4) is 0 Å². The van der Waals surface area contributed by atoms with Crippen LogP contribution in [0.2, 0.25) is 0 Å². The molecule has 1 amide bonds. The van der Waals surface area contributed by atoms with Gasteiger partial charge in [-0.3, -0.25) is 9.69 Å². The fourth-order valence-electron chi connectivity index (χ4n) is 4.51. The van der Waals surface area contributed by atoms with Gasteiger partial charge in [-0.05, 0) is 61.7 Å². The number of carbonyl (C=O) groups excluding carboxylic acids is 1. The lowest BCUT2D eigenvalue weighted by Crippen LogP contribution is -2.54. The normalized spacial score (nSPS) is 23.3. The molecule has 1 aromatic rings. The summed E-state index contributed by atoms with van der Waals surface area (Å²) in [6.07, 6.45) is 5.00. The molecule has 26 heavy (non-hydrogen) atoms. The molecule has 2 aliphatic heterocycles. The summed E-state index contributed by atoms with van der Waals surface area (Å²) in [7, 11) is 0. The van der Waals surface area contributed by atoms with Crippen LogP contribution in [-0.4, -0.2) is 65.6 Å². The van der Waals surface area contributed by atoms with Crippen molar-refractivity contribution >= 4 is 17.7 Å². The molecule has 2 fully saturated rings. The van der Waals surface area contributed by atoms with Crippen molar-refractivity contribution < 1.29 is 14.3 Å². The summed E-state index contributed by atoms with van der Waals surface area (Å²) in [4.78, 5) is 16.5. The van der Waals surface area contributed by atoms with Gasteiger partial charge in [0, 0.05) is 32.2 Å². The molecule has 0 unspecified atom stereocenters. The maximum Gasteiger partial charge on any atom is 0.232 e. The first-order chi connectivity index (χ1) is 12.6. The first-order valence-electron chi connectivity index (χ1n) is 9.41. The van der Waals surface area contributed by atoms with Gasteiger partial charge in [-0.1, -0.05) is 12.1 Å². The van der Waals surface area contributed by atoms with Gasteiger partial charge in [0.25, 0.3) is 0 Å². The minimum Gasteiger partial charge on any atom is -0.396 e. The second-order valence-corrected chi connectivity index (χ2v) is 8.54. The predicted octanol–water partition coefficient (Wildman–Crippen LogP) is 2.61. The van der Waals surface area contributed by atoms with Crippen LogP contribution in [0.4, 0.5) is 4.39 Å². The molecule has 2 heterocycles. The molecular weight excluding hydrogens is 351 g/mol. The van der Waals surface area contributed by atoms with Crippen molar-refractivity contribution in [3.8, 4) is 0 Å². The maximum atomic E-state index is 13.4. The van der Waals surface area contributed by atoms with Crippen LogP contribution in [-0.2, 0) is 11.3 Å². The summed E-state index contributed by atoms with van der Waals surface area (Å²) in [6, 6.07) is 6.82. The van der Waals surface area contributed by atoms with Crippen molar-refractivity contribution in [3.05, 3.63) is 35.6 Å². The van der Waals surface area contributed by atoms with Crippen LogP contribution in [0.1, 0.15) is 24.8 Å². The molecule has 0 aromatic heterocycles. The van der Waals surface area contributed by atoms with Crippen LogP contribution in [0.5, 0.6) is 0 Å². The van der Waals surface area contributed by atoms with Gasteiger partial charge in [-0.2, -0.15) is 11.8 Å². The van der Waals surface area contributed by atoms with E-state index in [0.717, 1.165) is 51.0 Å². The first-order valence-corrected chi connectivity index (χ1v) is 10.8. The minimum absolute atomic E-state index is 0.142. The molecule has 2 aliphatic rings. The number of benzene rings is 1. The Labute approximate surface area is 159 Å². The zero-order valence-corrected chi connectivity index (χ0v) is 16.3. The van der Waals surface area contributed by atoms with E-state index in [4.69, 9.17) is 0 Å². The van der Waals surface area contributed by atoms with Gasteiger partial charge >= 0.3 is 0 Å². The lowest BCUT2D eigenvalue weighted by Gasteiger charge is -2.51. The van der Waals surface area contributed by atoms with Gasteiger partial charge in [0.1, 0.15) is 5.82 Å². The first kappa shape index (κ1) is 19.6. The summed E-state index contributed by atoms with van der Waals surface area (Å²) in [5.41, 5.74) is 1.15. The summed E-state index contributed by atoms with van der Waals surface area (Å²) in [6.45, 7) is 4.33. The molecule has 1 N–H and O–H groups in total. The number of aliphatic hydroxyl groups excluding tert-OH is 1. The summed E-state index contributed by atoms with van der Waals surface area (Å²) in [5.74, 6) is 0.693. The zero-order chi connectivity index (χ0) is 18.6. The molecule has 0 saturated carbocycles. The van der Waals surface area contributed by atoms with Crippen molar-refractivity contribution in [1.82, 2.24) is 9.80 Å². The number of hydrogen-bond donors (Lipinski definition) is 1. The Morgan fingerprint density at radius 1 is 1.31 bits per heavy atom. The van der Waals surface area contributed by atoms with E-state index in [1.807, 2.05) is 17.2 Å². The van der Waals surface area contributed by atoms with Gasteiger partial charge in [-0.25, -0.2) is 4.39 Å². The van der Waals surface area contributed by atoms with Crippen molar-refractivity contribution in [2.24, 2.45) is 11.3 Å². The highest BCUT2D eigenvalue weighted by Gasteiger charge is 2.45. The zero-order valence-electron chi connectivity index (χ0n) is 15.5. The van der Waals surface area contributed by atoms with E-state index in [-0.39, 0.29) is 29.7 Å². The molecule has 0 bridgehead atoms. The highest BCUT2D eigenvalue weighted by atomic mass is 32.2. The van der Waals surface area contributed by atoms with Gasteiger partial charge in [0.15, 0.2) is 0 Å². The van der Waals surface area contributed by atoms with Crippen LogP contribution >= 0.6 is 11.8 Å². The Morgan fingerprint density at radius 3 is 2.69 bits per heavy atom. The Morgan fingerprint density at radius 2 is 2.04 bits per heavy atom. The van der Waals surface area contributed by atoms with E-state index < -0.39 is 0 Å². The van der Waals surface area contributed by atoms with Crippen LogP contribution < -0.4 is 0 Å². The average molecular weight is 381 g/mol. The Hall–Kier alpha value is -1.11. The van der Waals surface area contributed by atoms with Crippen molar-refractivity contribution in [2.75, 3.05) is 44.8 Å². The van der Waals surface area contributed by atoms with Gasteiger partial charge < -0.3 is 10.0 Å². The Kier molecular flexibility index (Phi) is 6.59. The molecule has 144 valence electrons. The molecule has 0 aliphatic carbocycles. The number of halogens is 1. The van der Waals surface area contributed by atoms with Crippen molar-refractivity contribution in [2.45, 2.75) is 25.8 Å². The van der Waals surface area contributed by atoms with Gasteiger partial charge in [0.2, 0.25) is 5.91 Å². The van der Waals surface area contributed by atoms with E-state index >= 15 is 0 Å². The minimum atomic E-state index is -0.182. The van der Waals surface area contributed by atoms with Crippen LogP contribution in [0.15, 0.2) is 24.3 Å². The predicted molar refractivity (Wildman–Crippen MR) is 103 cm³/mol. The molecule has 3 rings (SSSR count). The number of carbonyl (C=O) groups is 1. The van der Waals surface area contributed by atoms with Crippen molar-refractivity contribution in [1.29, 1.82) is 0 Å². The summed E-state index contributed by atoms with van der Waals surface area (Å²) in [5, 5.41) is 9.97. The molecule has 0 radical (unpaired) electrons. The largest absolute Gasteiger partial charge is 0.396 e. The number of likely N-dealkylation sites (tertiary alicyclic amines) is 2. The van der Waals surface area contributed by atoms with Crippen molar-refractivity contribution in [3.63, 3.8) is 0 Å². The number of thioether (sulfide) groups is 1. The molecule has 4 nitrogen and oxygen atoms in total. The lowest BCUT2D eigenvalue weighted by molar-refractivity contribution is -0.135. The fraction of sp³-hybridized carbons (Fsp3) is 0.650. The third kappa shape index (κ3) is 4.41. The maximum absolute atomic E-state index is 13.4. The second kappa shape index (κ2) is 8.72. The third-order valence-electron chi connectivity index (χ3n) is 6.17. The highest BCUT2D eigenvalue weighted by Crippen LogP contribution is 2.45. The number of nitrogens with zero attached hydrogens (tertiary/aromatic N) is 2. The number of piperidine rings is 2. The molecule has 1 atom stereocenters. The Bertz CT molecular complexity index is 620. The van der Waals surface area contributed by atoms with E-state index in [1.54, 1.807) is 23.9 Å². The standard InChI is InChI=1S/C20H29FN2O2S/c1-26-15-19(25)23-10-7-20(17(13-23)14-24)5-8-22(9-6-20)12-16-3-2-4-18(21)11-16/h2-4,11,17,24H,5-10,12-15H2,1H3/t17-/m0/s1. The lowest BCUT2D eigenvalue weighted by atomic mass is 9.64. The third-order valence-corrected chi connectivity index (χ3v) is 6.71. The number of hydrogen-bond acceptors (Lipinski definition) is 4. The fourth-order valence-corrected chi connectivity index (χ4v) is 4.94. The van der Waals surface area contributed by atoms with Gasteiger partial charge in [0.05, 0.1) is 5.75 Å². The number of aliphatic hydroxyl groups is 1. The Balaban J connectivity index is 1.58. The smallest absolute Gasteiger partial charge is 0.232 e. The average Bonchev–Trinajstić information content (AvgIpc) is 2.64. The van der Waals surface area contributed by atoms with E-state index in [9.17, 15) is 14.3 Å². The van der Waals surface area contributed by atoms with E-state index in [0.29, 0.717) is 12.3 Å². The molecule has 1 aromatic carbocycles. The topological polar surface area (TPSA) is 43.8 Å². The van der Waals surface area contributed by atoms with Crippen LogP contribution in [0.25, 0.3) is 0 Å². The monoisotopic (exact) mass is 380 g/mol. The second-order valence-electron chi connectivity index (χ2n) is 7.67. The SMILES string of the molecule is CSCC(=O)N1CCC2(CCN(Cc3cccc(F)c3)CC2)[C@H](CO)C1. The van der Waals surface area contributed by atoms with E-state index in [1.165, 1.54) is 6.07 Å². The van der Waals surface area contributed by atoms with Gasteiger partial charge in [-0.15, -0.1) is 0 Å². The molecule has 2 saturated heterocycles. The van der Waals surface area contributed by atoms with Crippen LogP contribution in [0, 0.1) is 17.2 Å². The summed E-state index contributed by atoms with van der Waals surface area (Å²) < 4.78 is 13.4. The number of amides is 1. The molecular formula is C20H29FN2O2S. The molecule has 6 heteroatoms. The number of rotatable bonds is 5. The molecule has 1 spiro atoms. The quantitative estimate of drug-likeness (QED) is 0.853. The highest BCUT2D eigenvalue weighted by molar-refractivity contribution is 7.99.